The van der Waals surface area contributed by atoms with Crippen LogP contribution in [0.25, 0.3) is 0 Å². The molecule has 23 heavy (non-hydrogen) atoms. The average Bonchev–Trinajstić information content (AvgIpc) is 2.54. The summed E-state index contributed by atoms with van der Waals surface area (Å²) in [6, 6.07) is 13.8. The molecule has 2 aromatic carbocycles. The van der Waals surface area contributed by atoms with Gasteiger partial charge in [-0.05, 0) is 24.7 Å². The van der Waals surface area contributed by atoms with Crippen LogP contribution in [0.1, 0.15) is 24.1 Å². The Morgan fingerprint density at radius 3 is 2.52 bits per heavy atom. The zero-order valence-electron chi connectivity index (χ0n) is 13.1. The second-order valence-corrected chi connectivity index (χ2v) is 6.39. The summed E-state index contributed by atoms with van der Waals surface area (Å²) in [5, 5.41) is 5.94. The van der Waals surface area contributed by atoms with Crippen molar-refractivity contribution in [2.45, 2.75) is 13.0 Å². The van der Waals surface area contributed by atoms with Crippen molar-refractivity contribution in [2.75, 3.05) is 13.6 Å². The highest BCUT2D eigenvalue weighted by Gasteiger charge is 2.22. The number of hydrogen-bond acceptors (Lipinski definition) is 2. The van der Waals surface area contributed by atoms with Crippen molar-refractivity contribution in [2.24, 2.45) is 5.92 Å². The molecule has 2 unspecified atom stereocenters. The first-order valence-corrected chi connectivity index (χ1v) is 8.27. The fourth-order valence-corrected chi connectivity index (χ4v) is 2.74. The number of rotatable bonds is 6. The molecule has 0 bridgehead atoms. The standard InChI is InChI=1S/C18H20BrFN2O/c1-12(11-21-2)18(23)22-17(13-6-4-3-5-7-13)15-9-8-14(19)10-16(15)20/h3-10,12,17,21H,11H2,1-2H3,(H,22,23). The maximum atomic E-state index is 14.4. The molecule has 0 fully saturated rings. The van der Waals surface area contributed by atoms with E-state index in [-0.39, 0.29) is 17.6 Å². The summed E-state index contributed by atoms with van der Waals surface area (Å²) >= 11 is 3.26. The van der Waals surface area contributed by atoms with Crippen molar-refractivity contribution in [3.05, 3.63) is 69.9 Å². The number of benzene rings is 2. The van der Waals surface area contributed by atoms with Crippen LogP contribution in [0.5, 0.6) is 0 Å². The van der Waals surface area contributed by atoms with Crippen molar-refractivity contribution in [1.82, 2.24) is 10.6 Å². The van der Waals surface area contributed by atoms with Crippen molar-refractivity contribution in [3.8, 4) is 0 Å². The third-order valence-corrected chi connectivity index (χ3v) is 4.14. The van der Waals surface area contributed by atoms with Gasteiger partial charge in [-0.25, -0.2) is 4.39 Å². The van der Waals surface area contributed by atoms with Crippen LogP contribution in [-0.2, 0) is 4.79 Å². The molecule has 2 N–H and O–H groups in total. The number of carbonyl (C=O) groups excluding carboxylic acids is 1. The zero-order valence-corrected chi connectivity index (χ0v) is 14.7. The maximum absolute atomic E-state index is 14.4. The van der Waals surface area contributed by atoms with Crippen molar-refractivity contribution in [3.63, 3.8) is 0 Å². The minimum atomic E-state index is -0.517. The molecule has 0 radical (unpaired) electrons. The second kappa shape index (κ2) is 8.22. The molecule has 0 aromatic heterocycles. The summed E-state index contributed by atoms with van der Waals surface area (Å²) < 4.78 is 15.1. The summed E-state index contributed by atoms with van der Waals surface area (Å²) in [4.78, 5) is 12.4. The normalized spacial score (nSPS) is 13.4. The third-order valence-electron chi connectivity index (χ3n) is 3.65. The van der Waals surface area contributed by atoms with Gasteiger partial charge >= 0.3 is 0 Å². The van der Waals surface area contributed by atoms with Gasteiger partial charge < -0.3 is 10.6 Å². The monoisotopic (exact) mass is 378 g/mol. The van der Waals surface area contributed by atoms with Gasteiger partial charge in [0.25, 0.3) is 0 Å². The predicted octanol–water partition coefficient (Wildman–Crippen LogP) is 3.65. The summed E-state index contributed by atoms with van der Waals surface area (Å²) in [6.45, 7) is 2.40. The van der Waals surface area contributed by atoms with E-state index in [4.69, 9.17) is 0 Å². The summed E-state index contributed by atoms with van der Waals surface area (Å²) in [6.07, 6.45) is 0. The number of hydrogen-bond donors (Lipinski definition) is 2. The highest BCUT2D eigenvalue weighted by molar-refractivity contribution is 9.10. The Morgan fingerprint density at radius 2 is 1.91 bits per heavy atom. The van der Waals surface area contributed by atoms with Gasteiger partial charge in [-0.15, -0.1) is 0 Å². The molecule has 2 rings (SSSR count). The van der Waals surface area contributed by atoms with Gasteiger partial charge in [0.1, 0.15) is 5.82 Å². The van der Waals surface area contributed by atoms with Crippen LogP contribution in [-0.4, -0.2) is 19.5 Å². The van der Waals surface area contributed by atoms with Gasteiger partial charge in [-0.2, -0.15) is 0 Å². The lowest BCUT2D eigenvalue weighted by molar-refractivity contribution is -0.124. The van der Waals surface area contributed by atoms with Crippen LogP contribution in [0.3, 0.4) is 0 Å². The minimum absolute atomic E-state index is 0.115. The fourth-order valence-electron chi connectivity index (χ4n) is 2.41. The average molecular weight is 379 g/mol. The van der Waals surface area contributed by atoms with Crippen molar-refractivity contribution >= 4 is 21.8 Å². The summed E-state index contributed by atoms with van der Waals surface area (Å²) in [7, 11) is 1.80. The minimum Gasteiger partial charge on any atom is -0.345 e. The molecular formula is C18H20BrFN2O. The van der Waals surface area contributed by atoms with Crippen LogP contribution >= 0.6 is 15.9 Å². The highest BCUT2D eigenvalue weighted by Crippen LogP contribution is 2.27. The van der Waals surface area contributed by atoms with E-state index < -0.39 is 6.04 Å². The number of amides is 1. The SMILES string of the molecule is CNCC(C)C(=O)NC(c1ccccc1)c1ccc(Br)cc1F. The van der Waals surface area contributed by atoms with E-state index >= 15 is 0 Å². The summed E-state index contributed by atoms with van der Waals surface area (Å²) in [5.41, 5.74) is 1.29. The quantitative estimate of drug-likeness (QED) is 0.805. The molecule has 0 aliphatic heterocycles. The van der Waals surface area contributed by atoms with E-state index in [1.54, 1.807) is 19.2 Å². The molecule has 2 aromatic rings. The van der Waals surface area contributed by atoms with Crippen LogP contribution < -0.4 is 10.6 Å². The molecule has 3 nitrogen and oxygen atoms in total. The number of halogens is 2. The van der Waals surface area contributed by atoms with E-state index in [9.17, 15) is 9.18 Å². The van der Waals surface area contributed by atoms with E-state index in [1.807, 2.05) is 37.3 Å². The molecule has 1 amide bonds. The third kappa shape index (κ3) is 4.62. The molecule has 122 valence electrons. The van der Waals surface area contributed by atoms with E-state index in [2.05, 4.69) is 26.6 Å². The Bertz CT molecular complexity index is 663. The van der Waals surface area contributed by atoms with Gasteiger partial charge in [-0.1, -0.05) is 59.3 Å². The van der Waals surface area contributed by atoms with Gasteiger partial charge in [0, 0.05) is 22.5 Å². The Morgan fingerprint density at radius 1 is 1.22 bits per heavy atom. The zero-order chi connectivity index (χ0) is 16.8. The molecule has 2 atom stereocenters. The first kappa shape index (κ1) is 17.6. The van der Waals surface area contributed by atoms with Crippen LogP contribution in [0, 0.1) is 11.7 Å². The predicted molar refractivity (Wildman–Crippen MR) is 93.6 cm³/mol. The lowest BCUT2D eigenvalue weighted by Gasteiger charge is -2.22. The lowest BCUT2D eigenvalue weighted by atomic mass is 9.97. The smallest absolute Gasteiger partial charge is 0.224 e. The van der Waals surface area contributed by atoms with E-state index in [0.29, 0.717) is 16.6 Å². The molecule has 0 spiro atoms. The Labute approximate surface area is 144 Å². The number of carbonyl (C=O) groups is 1. The molecule has 0 heterocycles. The maximum Gasteiger partial charge on any atom is 0.224 e. The lowest BCUT2D eigenvalue weighted by Crippen LogP contribution is -2.37. The van der Waals surface area contributed by atoms with Gasteiger partial charge in [-0.3, -0.25) is 4.79 Å². The largest absolute Gasteiger partial charge is 0.345 e. The molecule has 0 aliphatic carbocycles. The topological polar surface area (TPSA) is 41.1 Å². The van der Waals surface area contributed by atoms with Crippen molar-refractivity contribution < 1.29 is 9.18 Å². The van der Waals surface area contributed by atoms with Gasteiger partial charge in [0.15, 0.2) is 0 Å². The Balaban J connectivity index is 2.35. The molecule has 0 saturated heterocycles. The number of nitrogens with one attached hydrogen (secondary N) is 2. The molecule has 0 saturated carbocycles. The van der Waals surface area contributed by atoms with Crippen LogP contribution in [0.2, 0.25) is 0 Å². The Kier molecular flexibility index (Phi) is 6.30. The second-order valence-electron chi connectivity index (χ2n) is 5.48. The highest BCUT2D eigenvalue weighted by atomic mass is 79.9. The van der Waals surface area contributed by atoms with Gasteiger partial charge in [0.05, 0.1) is 6.04 Å². The van der Waals surface area contributed by atoms with Crippen LogP contribution in [0.15, 0.2) is 53.0 Å². The Hall–Kier alpha value is -1.72. The van der Waals surface area contributed by atoms with E-state index in [0.717, 1.165) is 5.56 Å². The summed E-state index contributed by atoms with van der Waals surface area (Å²) in [5.74, 6) is -0.671. The first-order valence-electron chi connectivity index (χ1n) is 7.47. The van der Waals surface area contributed by atoms with Crippen molar-refractivity contribution in [1.29, 1.82) is 0 Å². The molecule has 0 aliphatic rings. The fraction of sp³-hybridized carbons (Fsp3) is 0.278. The van der Waals surface area contributed by atoms with Crippen LogP contribution in [0.4, 0.5) is 4.39 Å². The first-order chi connectivity index (χ1) is 11.0. The molecule has 5 heteroatoms. The van der Waals surface area contributed by atoms with E-state index in [1.165, 1.54) is 6.07 Å². The molecular weight excluding hydrogens is 359 g/mol. The van der Waals surface area contributed by atoms with Gasteiger partial charge in [0.2, 0.25) is 5.91 Å².